The summed E-state index contributed by atoms with van der Waals surface area (Å²) in [6, 6.07) is 0. The monoisotopic (exact) mass is 232 g/mol. The highest BCUT2D eigenvalue weighted by Gasteiger charge is 2.15. The van der Waals surface area contributed by atoms with Crippen molar-refractivity contribution in [3.8, 4) is 0 Å². The van der Waals surface area contributed by atoms with Crippen molar-refractivity contribution in [3.05, 3.63) is 15.9 Å². The molecule has 0 aliphatic heterocycles. The number of nitrogens with one attached hydrogen (secondary N) is 1. The van der Waals surface area contributed by atoms with Crippen LogP contribution in [0.3, 0.4) is 0 Å². The van der Waals surface area contributed by atoms with Gasteiger partial charge in [0.1, 0.15) is 0 Å². The van der Waals surface area contributed by atoms with E-state index in [0.717, 1.165) is 18.5 Å². The molecular formula is C7H9BrN2O2. The summed E-state index contributed by atoms with van der Waals surface area (Å²) in [6.07, 6.45) is 1.76. The van der Waals surface area contributed by atoms with Crippen LogP contribution < -0.4 is 0 Å². The lowest BCUT2D eigenvalue weighted by atomic mass is 10.2. The Morgan fingerprint density at radius 3 is 2.83 bits per heavy atom. The Bertz CT molecular complexity index is 296. The molecule has 0 aliphatic carbocycles. The second kappa shape index (κ2) is 3.71. The highest BCUT2D eigenvalue weighted by Crippen LogP contribution is 2.19. The molecule has 66 valence electrons. The number of carbonyl (C=O) groups is 1. The largest absolute Gasteiger partial charge is 0.476 e. The summed E-state index contributed by atoms with van der Waals surface area (Å²) in [5, 5.41) is 15.0. The van der Waals surface area contributed by atoms with Gasteiger partial charge in [-0.15, -0.1) is 0 Å². The predicted octanol–water partition coefficient (Wildman–Crippen LogP) is 1.82. The van der Waals surface area contributed by atoms with Crippen LogP contribution in [0, 0.1) is 0 Å². The van der Waals surface area contributed by atoms with Gasteiger partial charge in [0.05, 0.1) is 10.2 Å². The van der Waals surface area contributed by atoms with Crippen molar-refractivity contribution in [2.45, 2.75) is 19.8 Å². The van der Waals surface area contributed by atoms with Crippen LogP contribution in [0.1, 0.15) is 29.5 Å². The number of H-pyrrole nitrogens is 1. The summed E-state index contributed by atoms with van der Waals surface area (Å²) in [6.45, 7) is 2.02. The van der Waals surface area contributed by atoms with Crippen LogP contribution in [0.25, 0.3) is 0 Å². The zero-order valence-electron chi connectivity index (χ0n) is 6.59. The molecule has 0 atom stereocenters. The first-order chi connectivity index (χ1) is 5.66. The van der Waals surface area contributed by atoms with E-state index in [9.17, 15) is 4.79 Å². The molecule has 0 unspecified atom stereocenters. The SMILES string of the molecule is CCCc1[nH]nc(C(=O)O)c1Br. The summed E-state index contributed by atoms with van der Waals surface area (Å²) in [5.41, 5.74) is 0.897. The van der Waals surface area contributed by atoms with E-state index in [4.69, 9.17) is 5.11 Å². The quantitative estimate of drug-likeness (QED) is 0.836. The lowest BCUT2D eigenvalue weighted by Gasteiger charge is -1.92. The van der Waals surface area contributed by atoms with E-state index in [0.29, 0.717) is 4.47 Å². The maximum Gasteiger partial charge on any atom is 0.357 e. The Labute approximate surface area is 78.1 Å². The van der Waals surface area contributed by atoms with Gasteiger partial charge in [0.15, 0.2) is 5.69 Å². The topological polar surface area (TPSA) is 66.0 Å². The van der Waals surface area contributed by atoms with Crippen molar-refractivity contribution in [1.29, 1.82) is 0 Å². The van der Waals surface area contributed by atoms with Gasteiger partial charge in [0, 0.05) is 0 Å². The first-order valence-corrected chi connectivity index (χ1v) is 4.42. The van der Waals surface area contributed by atoms with Crippen LogP contribution in [0.4, 0.5) is 0 Å². The molecule has 1 aromatic rings. The molecule has 5 heteroatoms. The molecule has 0 aliphatic rings. The average Bonchev–Trinajstić information content (AvgIpc) is 2.34. The fourth-order valence-corrected chi connectivity index (χ4v) is 1.47. The van der Waals surface area contributed by atoms with E-state index in [1.807, 2.05) is 6.92 Å². The number of hydrogen-bond acceptors (Lipinski definition) is 2. The molecule has 1 rings (SSSR count). The molecule has 0 spiro atoms. The van der Waals surface area contributed by atoms with Gasteiger partial charge < -0.3 is 5.11 Å². The van der Waals surface area contributed by atoms with Gasteiger partial charge in [-0.1, -0.05) is 13.3 Å². The van der Waals surface area contributed by atoms with Gasteiger partial charge in [-0.05, 0) is 22.4 Å². The predicted molar refractivity (Wildman–Crippen MR) is 47.2 cm³/mol. The fourth-order valence-electron chi connectivity index (χ4n) is 0.922. The Hall–Kier alpha value is -0.840. The fraction of sp³-hybridized carbons (Fsp3) is 0.429. The standard InChI is InChI=1S/C7H9BrN2O2/c1-2-3-4-5(8)6(7(11)12)10-9-4/h2-3H2,1H3,(H,9,10)(H,11,12). The molecule has 0 saturated heterocycles. The average molecular weight is 233 g/mol. The summed E-state index contributed by atoms with van der Waals surface area (Å²) >= 11 is 3.18. The molecule has 0 bridgehead atoms. The van der Waals surface area contributed by atoms with Crippen molar-refractivity contribution in [3.63, 3.8) is 0 Å². The Balaban J connectivity index is 2.96. The number of aromatic nitrogens is 2. The minimum Gasteiger partial charge on any atom is -0.476 e. The number of nitrogens with zero attached hydrogens (tertiary/aromatic N) is 1. The van der Waals surface area contributed by atoms with Crippen molar-refractivity contribution in [2.75, 3.05) is 0 Å². The summed E-state index contributed by atoms with van der Waals surface area (Å²) in [7, 11) is 0. The lowest BCUT2D eigenvalue weighted by Crippen LogP contribution is -1.97. The number of aromatic carboxylic acids is 1. The van der Waals surface area contributed by atoms with Crippen LogP contribution >= 0.6 is 15.9 Å². The van der Waals surface area contributed by atoms with Crippen LogP contribution in [-0.4, -0.2) is 21.3 Å². The van der Waals surface area contributed by atoms with Gasteiger partial charge in [0.2, 0.25) is 0 Å². The zero-order chi connectivity index (χ0) is 9.14. The minimum atomic E-state index is -1.01. The second-order valence-electron chi connectivity index (χ2n) is 2.42. The zero-order valence-corrected chi connectivity index (χ0v) is 8.18. The van der Waals surface area contributed by atoms with Crippen molar-refractivity contribution >= 4 is 21.9 Å². The molecular weight excluding hydrogens is 224 g/mol. The maximum atomic E-state index is 10.5. The summed E-state index contributed by atoms with van der Waals surface area (Å²) in [4.78, 5) is 10.5. The highest BCUT2D eigenvalue weighted by molar-refractivity contribution is 9.10. The molecule has 1 heterocycles. The summed E-state index contributed by atoms with van der Waals surface area (Å²) < 4.78 is 0.567. The van der Waals surface area contributed by atoms with E-state index < -0.39 is 5.97 Å². The third-order valence-electron chi connectivity index (χ3n) is 1.48. The smallest absolute Gasteiger partial charge is 0.357 e. The molecule has 0 saturated carbocycles. The Kier molecular flexibility index (Phi) is 2.86. The Morgan fingerprint density at radius 2 is 2.42 bits per heavy atom. The number of carboxylic acid groups (broad SMARTS) is 1. The number of hydrogen-bond donors (Lipinski definition) is 2. The van der Waals surface area contributed by atoms with Crippen molar-refractivity contribution < 1.29 is 9.90 Å². The molecule has 1 aromatic heterocycles. The molecule has 2 N–H and O–H groups in total. The van der Waals surface area contributed by atoms with Gasteiger partial charge in [-0.2, -0.15) is 5.10 Å². The highest BCUT2D eigenvalue weighted by atomic mass is 79.9. The van der Waals surface area contributed by atoms with E-state index in [-0.39, 0.29) is 5.69 Å². The molecule has 0 fully saturated rings. The lowest BCUT2D eigenvalue weighted by molar-refractivity contribution is 0.0689. The molecule has 0 amide bonds. The van der Waals surface area contributed by atoms with Crippen molar-refractivity contribution in [2.24, 2.45) is 0 Å². The van der Waals surface area contributed by atoms with Crippen LogP contribution in [0.2, 0.25) is 0 Å². The number of aryl methyl sites for hydroxylation is 1. The normalized spacial score (nSPS) is 10.2. The van der Waals surface area contributed by atoms with Gasteiger partial charge in [-0.3, -0.25) is 5.10 Å². The first kappa shape index (κ1) is 9.25. The second-order valence-corrected chi connectivity index (χ2v) is 3.21. The third kappa shape index (κ3) is 1.66. The summed E-state index contributed by atoms with van der Waals surface area (Å²) in [5.74, 6) is -1.01. The van der Waals surface area contributed by atoms with Gasteiger partial charge >= 0.3 is 5.97 Å². The van der Waals surface area contributed by atoms with E-state index >= 15 is 0 Å². The van der Waals surface area contributed by atoms with E-state index in [1.54, 1.807) is 0 Å². The van der Waals surface area contributed by atoms with E-state index in [1.165, 1.54) is 0 Å². The van der Waals surface area contributed by atoms with Crippen LogP contribution in [-0.2, 0) is 6.42 Å². The van der Waals surface area contributed by atoms with Crippen molar-refractivity contribution in [1.82, 2.24) is 10.2 Å². The third-order valence-corrected chi connectivity index (χ3v) is 2.33. The molecule has 0 radical (unpaired) electrons. The first-order valence-electron chi connectivity index (χ1n) is 3.62. The van der Waals surface area contributed by atoms with E-state index in [2.05, 4.69) is 26.1 Å². The number of halogens is 1. The van der Waals surface area contributed by atoms with Gasteiger partial charge in [-0.25, -0.2) is 4.79 Å². The molecule has 0 aromatic carbocycles. The number of aromatic amines is 1. The number of rotatable bonds is 3. The maximum absolute atomic E-state index is 10.5. The number of carboxylic acids is 1. The molecule has 12 heavy (non-hydrogen) atoms. The minimum absolute atomic E-state index is 0.0541. The molecule has 4 nitrogen and oxygen atoms in total. The Morgan fingerprint density at radius 1 is 1.75 bits per heavy atom. The van der Waals surface area contributed by atoms with Gasteiger partial charge in [0.25, 0.3) is 0 Å². The van der Waals surface area contributed by atoms with Crippen LogP contribution in [0.5, 0.6) is 0 Å². The van der Waals surface area contributed by atoms with Crippen LogP contribution in [0.15, 0.2) is 4.47 Å².